The van der Waals surface area contributed by atoms with Gasteiger partial charge in [-0.05, 0) is 89.1 Å². The van der Waals surface area contributed by atoms with Crippen LogP contribution in [0.5, 0.6) is 0 Å². The van der Waals surface area contributed by atoms with Crippen molar-refractivity contribution in [1.82, 2.24) is 0 Å². The summed E-state index contributed by atoms with van der Waals surface area (Å²) >= 11 is 0. The van der Waals surface area contributed by atoms with Crippen molar-refractivity contribution in [2.24, 2.45) is 0 Å². The Hall–Kier alpha value is -2.34. The maximum Gasteiger partial charge on any atom is -0.000718 e. The molecule has 0 saturated heterocycles. The number of benzene rings is 3. The number of hydrogen-bond acceptors (Lipinski definition) is 0. The molecule has 0 N–H and O–H groups in total. The molecule has 0 radical (unpaired) electrons. The van der Waals surface area contributed by atoms with Gasteiger partial charge in [0.1, 0.15) is 0 Å². The van der Waals surface area contributed by atoms with E-state index in [4.69, 9.17) is 0 Å². The number of hydrogen-bond donors (Lipinski definition) is 0. The molecule has 3 aromatic carbocycles. The first-order chi connectivity index (χ1) is 13.2. The minimum atomic E-state index is 0.779. The summed E-state index contributed by atoms with van der Waals surface area (Å²) in [5.74, 6) is 0.779. The van der Waals surface area contributed by atoms with Gasteiger partial charge in [-0.25, -0.2) is 0 Å². The van der Waals surface area contributed by atoms with Gasteiger partial charge in [0.15, 0.2) is 0 Å². The van der Waals surface area contributed by atoms with Crippen LogP contribution in [0.1, 0.15) is 65.8 Å². The molecule has 0 heteroatoms. The van der Waals surface area contributed by atoms with Crippen LogP contribution in [0.3, 0.4) is 0 Å². The quantitative estimate of drug-likeness (QED) is 0.348. The molecule has 0 spiro atoms. The van der Waals surface area contributed by atoms with Crippen LogP contribution in [-0.4, -0.2) is 0 Å². The zero-order valence-electron chi connectivity index (χ0n) is 16.5. The number of rotatable bonds is 2. The van der Waals surface area contributed by atoms with E-state index in [0.717, 1.165) is 12.3 Å². The third-order valence-corrected chi connectivity index (χ3v) is 6.90. The van der Waals surface area contributed by atoms with Crippen LogP contribution in [-0.2, 0) is 6.42 Å². The van der Waals surface area contributed by atoms with E-state index in [2.05, 4.69) is 68.4 Å². The lowest BCUT2D eigenvalue weighted by Crippen LogP contribution is -2.04. The second-order valence-corrected chi connectivity index (χ2v) is 8.51. The van der Waals surface area contributed by atoms with Gasteiger partial charge < -0.3 is 0 Å². The van der Waals surface area contributed by atoms with E-state index < -0.39 is 0 Å². The summed E-state index contributed by atoms with van der Waals surface area (Å²) in [6, 6.07) is 20.9. The number of fused-ring (bicyclic) bond motifs is 3. The average Bonchev–Trinajstić information content (AvgIpc) is 3.08. The van der Waals surface area contributed by atoms with E-state index in [0.29, 0.717) is 0 Å². The first-order valence-electron chi connectivity index (χ1n) is 10.5. The van der Waals surface area contributed by atoms with Gasteiger partial charge in [-0.1, -0.05) is 73.9 Å². The van der Waals surface area contributed by atoms with Gasteiger partial charge >= 0.3 is 0 Å². The largest absolute Gasteiger partial charge is 0.0619 e. The van der Waals surface area contributed by atoms with Crippen LogP contribution in [0.4, 0.5) is 0 Å². The Morgan fingerprint density at radius 1 is 0.778 bits per heavy atom. The Kier molecular flexibility index (Phi) is 4.16. The molecule has 0 unspecified atom stereocenters. The summed E-state index contributed by atoms with van der Waals surface area (Å²) in [4.78, 5) is 0. The molecule has 1 fully saturated rings. The molecular weight excluding hydrogens is 324 g/mol. The van der Waals surface area contributed by atoms with Gasteiger partial charge in [0, 0.05) is 0 Å². The van der Waals surface area contributed by atoms with Crippen molar-refractivity contribution in [2.75, 3.05) is 0 Å². The molecule has 136 valence electrons. The topological polar surface area (TPSA) is 0 Å². The smallest absolute Gasteiger partial charge is 0.000718 e. The van der Waals surface area contributed by atoms with Crippen LogP contribution < -0.4 is 0 Å². The fourth-order valence-electron chi connectivity index (χ4n) is 5.27. The Morgan fingerprint density at radius 3 is 2.30 bits per heavy atom. The molecule has 0 nitrogen and oxygen atoms in total. The monoisotopic (exact) mass is 352 g/mol. The normalized spacial score (nSPS) is 16.2. The van der Waals surface area contributed by atoms with Gasteiger partial charge in [0.05, 0.1) is 0 Å². The highest BCUT2D eigenvalue weighted by Crippen LogP contribution is 2.44. The predicted octanol–water partition coefficient (Wildman–Crippen LogP) is 7.59. The van der Waals surface area contributed by atoms with Gasteiger partial charge in [-0.3, -0.25) is 0 Å². The zero-order chi connectivity index (χ0) is 18.4. The van der Waals surface area contributed by atoms with Crippen molar-refractivity contribution in [3.63, 3.8) is 0 Å². The fourth-order valence-corrected chi connectivity index (χ4v) is 5.27. The van der Waals surface area contributed by atoms with E-state index in [1.165, 1.54) is 76.6 Å². The number of aryl methyl sites for hydroxylation is 1. The van der Waals surface area contributed by atoms with Crippen LogP contribution in [0.25, 0.3) is 22.3 Å². The van der Waals surface area contributed by atoms with Crippen molar-refractivity contribution >= 4 is 0 Å². The SMILES string of the molecule is Cc1cc2c(c(-c3ccc(C4CCCCC4)cc3)c1C)Cc1ccccc1-2. The van der Waals surface area contributed by atoms with E-state index >= 15 is 0 Å². The molecular formula is C27H28. The maximum absolute atomic E-state index is 2.40. The van der Waals surface area contributed by atoms with Crippen LogP contribution in [0, 0.1) is 13.8 Å². The molecule has 2 aliphatic carbocycles. The Morgan fingerprint density at radius 2 is 1.52 bits per heavy atom. The van der Waals surface area contributed by atoms with Crippen molar-refractivity contribution < 1.29 is 0 Å². The summed E-state index contributed by atoms with van der Waals surface area (Å²) in [7, 11) is 0. The molecule has 2 aliphatic rings. The molecule has 0 aliphatic heterocycles. The molecule has 27 heavy (non-hydrogen) atoms. The Bertz CT molecular complexity index is 985. The van der Waals surface area contributed by atoms with E-state index in [9.17, 15) is 0 Å². The zero-order valence-corrected chi connectivity index (χ0v) is 16.5. The van der Waals surface area contributed by atoms with Crippen molar-refractivity contribution in [2.45, 2.75) is 58.3 Å². The van der Waals surface area contributed by atoms with Gasteiger partial charge in [0.25, 0.3) is 0 Å². The molecule has 3 aromatic rings. The predicted molar refractivity (Wildman–Crippen MR) is 115 cm³/mol. The minimum absolute atomic E-state index is 0.779. The highest BCUT2D eigenvalue weighted by atomic mass is 14.3. The third-order valence-electron chi connectivity index (χ3n) is 6.90. The summed E-state index contributed by atoms with van der Waals surface area (Å²) in [6.45, 7) is 4.55. The van der Waals surface area contributed by atoms with E-state index in [1.807, 2.05) is 0 Å². The molecule has 0 aromatic heterocycles. The second kappa shape index (κ2) is 6.68. The van der Waals surface area contributed by atoms with Crippen molar-refractivity contribution in [3.8, 4) is 22.3 Å². The molecule has 0 atom stereocenters. The van der Waals surface area contributed by atoms with E-state index in [1.54, 1.807) is 5.56 Å². The van der Waals surface area contributed by atoms with Gasteiger partial charge in [-0.15, -0.1) is 0 Å². The second-order valence-electron chi connectivity index (χ2n) is 8.51. The molecule has 5 rings (SSSR count). The van der Waals surface area contributed by atoms with Gasteiger partial charge in [0.2, 0.25) is 0 Å². The Labute approximate surface area is 163 Å². The van der Waals surface area contributed by atoms with Crippen LogP contribution in [0.15, 0.2) is 54.6 Å². The fraction of sp³-hybridized carbons (Fsp3) is 0.333. The molecule has 0 amide bonds. The minimum Gasteiger partial charge on any atom is -0.0619 e. The average molecular weight is 353 g/mol. The highest BCUT2D eigenvalue weighted by molar-refractivity contribution is 5.87. The van der Waals surface area contributed by atoms with Crippen molar-refractivity contribution in [1.29, 1.82) is 0 Å². The molecule has 0 bridgehead atoms. The maximum atomic E-state index is 2.40. The first-order valence-corrected chi connectivity index (χ1v) is 10.5. The Balaban J connectivity index is 1.59. The third kappa shape index (κ3) is 2.83. The molecule has 1 saturated carbocycles. The lowest BCUT2D eigenvalue weighted by atomic mass is 9.83. The van der Waals surface area contributed by atoms with Crippen LogP contribution >= 0.6 is 0 Å². The standard InChI is InChI=1S/C27H28/c1-18-16-25-24-11-7-6-10-23(24)17-26(25)27(19(18)2)22-14-12-21(13-15-22)20-8-4-3-5-9-20/h6-7,10-16,20H,3-5,8-9,17H2,1-2H3. The first kappa shape index (κ1) is 16.8. The summed E-state index contributed by atoms with van der Waals surface area (Å²) < 4.78 is 0. The summed E-state index contributed by atoms with van der Waals surface area (Å²) in [5, 5.41) is 0. The highest BCUT2D eigenvalue weighted by Gasteiger charge is 2.24. The molecule has 0 heterocycles. The lowest BCUT2D eigenvalue weighted by Gasteiger charge is -2.22. The summed E-state index contributed by atoms with van der Waals surface area (Å²) in [6.07, 6.45) is 8.02. The van der Waals surface area contributed by atoms with Crippen molar-refractivity contribution in [3.05, 3.63) is 82.4 Å². The van der Waals surface area contributed by atoms with Crippen LogP contribution in [0.2, 0.25) is 0 Å². The lowest BCUT2D eigenvalue weighted by molar-refractivity contribution is 0.443. The van der Waals surface area contributed by atoms with Gasteiger partial charge in [-0.2, -0.15) is 0 Å². The van der Waals surface area contributed by atoms with E-state index in [-0.39, 0.29) is 0 Å². The summed E-state index contributed by atoms with van der Waals surface area (Å²) in [5.41, 5.74) is 13.1.